The molecule has 2 nitrogen and oxygen atoms in total. The van der Waals surface area contributed by atoms with E-state index in [2.05, 4.69) is 0 Å². The maximum atomic E-state index is 10.8. The Morgan fingerprint density at radius 1 is 1.64 bits per heavy atom. The van der Waals surface area contributed by atoms with Crippen molar-refractivity contribution in [3.63, 3.8) is 0 Å². The largest absolute Gasteiger partial charge is 0.346 e. The number of hydrogen-bond donors (Lipinski definition) is 0. The summed E-state index contributed by atoms with van der Waals surface area (Å²) in [5.41, 5.74) is 0. The highest BCUT2D eigenvalue weighted by Gasteiger charge is 2.28. The summed E-state index contributed by atoms with van der Waals surface area (Å²) in [4.78, 5) is 12.6. The van der Waals surface area contributed by atoms with Gasteiger partial charge in [0, 0.05) is 25.9 Å². The zero-order valence-corrected chi connectivity index (χ0v) is 7.77. The lowest BCUT2D eigenvalue weighted by Crippen LogP contribution is -2.36. The number of alkyl halides is 1. The summed E-state index contributed by atoms with van der Waals surface area (Å²) in [5, 5.41) is 0.361. The van der Waals surface area contributed by atoms with E-state index >= 15 is 0 Å². The molecule has 1 aliphatic rings. The third-order valence-corrected chi connectivity index (χ3v) is 2.60. The number of carbonyl (C=O) groups excluding carboxylic acids is 1. The van der Waals surface area contributed by atoms with E-state index in [9.17, 15) is 4.79 Å². The minimum Gasteiger partial charge on any atom is -0.346 e. The molecule has 1 fully saturated rings. The lowest BCUT2D eigenvalue weighted by atomic mass is 9.84. The van der Waals surface area contributed by atoms with Gasteiger partial charge in [0.1, 0.15) is 0 Å². The van der Waals surface area contributed by atoms with Gasteiger partial charge in [-0.25, -0.2) is 0 Å². The molecule has 0 radical (unpaired) electrons. The molecule has 0 bridgehead atoms. The van der Waals surface area contributed by atoms with Crippen LogP contribution < -0.4 is 0 Å². The van der Waals surface area contributed by atoms with Gasteiger partial charge in [-0.2, -0.15) is 0 Å². The number of carbonyl (C=O) groups is 1. The second-order valence-corrected chi connectivity index (χ2v) is 3.95. The molecular formula is C8H14ClNO. The van der Waals surface area contributed by atoms with Crippen LogP contribution in [0.25, 0.3) is 0 Å². The van der Waals surface area contributed by atoms with Gasteiger partial charge in [-0.15, -0.1) is 11.6 Å². The summed E-state index contributed by atoms with van der Waals surface area (Å²) in [6.07, 6.45) is 2.14. The topological polar surface area (TPSA) is 20.3 Å². The Hall–Kier alpha value is -0.240. The normalized spacial score (nSPS) is 29.4. The van der Waals surface area contributed by atoms with Crippen LogP contribution in [0, 0.1) is 5.92 Å². The first-order valence-electron chi connectivity index (χ1n) is 3.95. The van der Waals surface area contributed by atoms with Crippen LogP contribution in [0.1, 0.15) is 19.8 Å². The lowest BCUT2D eigenvalue weighted by Gasteiger charge is -2.33. The average molecular weight is 176 g/mol. The Morgan fingerprint density at radius 2 is 2.18 bits per heavy atom. The Balaban J connectivity index is 2.16. The lowest BCUT2D eigenvalue weighted by molar-refractivity contribution is -0.128. The highest BCUT2D eigenvalue weighted by atomic mass is 35.5. The quantitative estimate of drug-likeness (QED) is 0.583. The first-order valence-corrected chi connectivity index (χ1v) is 4.39. The van der Waals surface area contributed by atoms with Gasteiger partial charge in [0.2, 0.25) is 5.91 Å². The Bertz CT molecular complexity index is 154. The van der Waals surface area contributed by atoms with E-state index in [-0.39, 0.29) is 5.91 Å². The zero-order valence-electron chi connectivity index (χ0n) is 7.01. The van der Waals surface area contributed by atoms with Crippen LogP contribution in [-0.2, 0) is 4.79 Å². The molecule has 0 N–H and O–H groups in total. The van der Waals surface area contributed by atoms with Gasteiger partial charge in [-0.05, 0) is 18.8 Å². The third-order valence-electron chi connectivity index (χ3n) is 2.25. The molecule has 1 saturated carbocycles. The SMILES string of the molecule is CC(=O)N(C)CC1CC(Cl)C1. The van der Waals surface area contributed by atoms with Crippen molar-refractivity contribution >= 4 is 17.5 Å². The van der Waals surface area contributed by atoms with Crippen LogP contribution in [0.15, 0.2) is 0 Å². The number of halogens is 1. The predicted octanol–water partition coefficient (Wildman–Crippen LogP) is 1.48. The summed E-state index contributed by atoms with van der Waals surface area (Å²) in [6.45, 7) is 2.47. The molecule has 0 atom stereocenters. The van der Waals surface area contributed by atoms with E-state index in [0.717, 1.165) is 19.4 Å². The van der Waals surface area contributed by atoms with E-state index < -0.39 is 0 Å². The summed E-state index contributed by atoms with van der Waals surface area (Å²) in [7, 11) is 1.84. The zero-order chi connectivity index (χ0) is 8.43. The second-order valence-electron chi connectivity index (χ2n) is 3.33. The van der Waals surface area contributed by atoms with E-state index in [1.165, 1.54) is 0 Å². The highest BCUT2D eigenvalue weighted by Crippen LogP contribution is 2.32. The number of nitrogens with zero attached hydrogens (tertiary/aromatic N) is 1. The third kappa shape index (κ3) is 2.37. The van der Waals surface area contributed by atoms with Crippen molar-refractivity contribution in [3.8, 4) is 0 Å². The fraction of sp³-hybridized carbons (Fsp3) is 0.875. The van der Waals surface area contributed by atoms with Crippen LogP contribution in [0.5, 0.6) is 0 Å². The van der Waals surface area contributed by atoms with Crippen molar-refractivity contribution in [2.75, 3.05) is 13.6 Å². The maximum absolute atomic E-state index is 10.8. The van der Waals surface area contributed by atoms with Crippen LogP contribution in [0.2, 0.25) is 0 Å². The predicted molar refractivity (Wildman–Crippen MR) is 45.7 cm³/mol. The Morgan fingerprint density at radius 3 is 2.55 bits per heavy atom. The summed E-state index contributed by atoms with van der Waals surface area (Å²) < 4.78 is 0. The first-order chi connectivity index (χ1) is 5.09. The van der Waals surface area contributed by atoms with Crippen LogP contribution in [-0.4, -0.2) is 29.8 Å². The van der Waals surface area contributed by atoms with Crippen molar-refractivity contribution in [1.29, 1.82) is 0 Å². The van der Waals surface area contributed by atoms with Gasteiger partial charge in [0.15, 0.2) is 0 Å². The minimum atomic E-state index is 0.142. The molecule has 1 aliphatic carbocycles. The second kappa shape index (κ2) is 3.44. The smallest absolute Gasteiger partial charge is 0.219 e. The average Bonchev–Trinajstić information content (AvgIpc) is 1.84. The van der Waals surface area contributed by atoms with Gasteiger partial charge in [0.25, 0.3) is 0 Å². The molecule has 64 valence electrons. The molecule has 1 rings (SSSR count). The fourth-order valence-electron chi connectivity index (χ4n) is 1.32. The molecule has 0 aromatic heterocycles. The van der Waals surface area contributed by atoms with E-state index in [4.69, 9.17) is 11.6 Å². The molecule has 0 aromatic rings. The number of rotatable bonds is 2. The number of hydrogen-bond acceptors (Lipinski definition) is 1. The monoisotopic (exact) mass is 175 g/mol. The van der Waals surface area contributed by atoms with Crippen molar-refractivity contribution < 1.29 is 4.79 Å². The van der Waals surface area contributed by atoms with Gasteiger partial charge >= 0.3 is 0 Å². The van der Waals surface area contributed by atoms with Gasteiger partial charge in [0.05, 0.1) is 0 Å². The molecule has 0 spiro atoms. The van der Waals surface area contributed by atoms with E-state index in [0.29, 0.717) is 11.3 Å². The van der Waals surface area contributed by atoms with Crippen LogP contribution in [0.3, 0.4) is 0 Å². The molecule has 0 heterocycles. The summed E-state index contributed by atoms with van der Waals surface area (Å²) in [6, 6.07) is 0. The van der Waals surface area contributed by atoms with E-state index in [1.807, 2.05) is 7.05 Å². The first kappa shape index (κ1) is 8.85. The molecule has 11 heavy (non-hydrogen) atoms. The Labute approximate surface area is 72.5 Å². The molecule has 3 heteroatoms. The molecule has 1 amide bonds. The highest BCUT2D eigenvalue weighted by molar-refractivity contribution is 6.21. The minimum absolute atomic E-state index is 0.142. The van der Waals surface area contributed by atoms with Gasteiger partial charge < -0.3 is 4.90 Å². The Kier molecular flexibility index (Phi) is 2.77. The van der Waals surface area contributed by atoms with Gasteiger partial charge in [-0.3, -0.25) is 4.79 Å². The van der Waals surface area contributed by atoms with Crippen molar-refractivity contribution in [3.05, 3.63) is 0 Å². The van der Waals surface area contributed by atoms with Crippen molar-refractivity contribution in [1.82, 2.24) is 4.90 Å². The summed E-state index contributed by atoms with van der Waals surface area (Å²) >= 11 is 5.80. The summed E-state index contributed by atoms with van der Waals surface area (Å²) in [5.74, 6) is 0.787. The van der Waals surface area contributed by atoms with Gasteiger partial charge in [-0.1, -0.05) is 0 Å². The standard InChI is InChI=1S/C8H14ClNO/c1-6(11)10(2)5-7-3-8(9)4-7/h7-8H,3-5H2,1-2H3. The molecule has 0 aromatic carbocycles. The fourth-order valence-corrected chi connectivity index (χ4v) is 1.82. The molecule has 0 saturated heterocycles. The number of amides is 1. The molecular weight excluding hydrogens is 162 g/mol. The van der Waals surface area contributed by atoms with E-state index in [1.54, 1.807) is 11.8 Å². The maximum Gasteiger partial charge on any atom is 0.219 e. The van der Waals surface area contributed by atoms with Crippen molar-refractivity contribution in [2.45, 2.75) is 25.1 Å². The van der Waals surface area contributed by atoms with Crippen LogP contribution in [0.4, 0.5) is 0 Å². The molecule has 0 aliphatic heterocycles. The van der Waals surface area contributed by atoms with Crippen LogP contribution >= 0.6 is 11.6 Å². The molecule has 0 unspecified atom stereocenters. The van der Waals surface area contributed by atoms with Crippen molar-refractivity contribution in [2.24, 2.45) is 5.92 Å².